The van der Waals surface area contributed by atoms with Gasteiger partial charge in [-0.1, -0.05) is 49.8 Å². The molecule has 0 saturated heterocycles. The highest BCUT2D eigenvalue weighted by Crippen LogP contribution is 2.49. The van der Waals surface area contributed by atoms with Crippen molar-refractivity contribution in [1.82, 2.24) is 0 Å². The second-order valence-corrected chi connectivity index (χ2v) is 8.42. The van der Waals surface area contributed by atoms with E-state index in [0.29, 0.717) is 12.5 Å². The number of allylic oxidation sites excluding steroid dienone is 3. The molecule has 128 valence electrons. The molecule has 0 bridgehead atoms. The quantitative estimate of drug-likeness (QED) is 0.569. The highest BCUT2D eigenvalue weighted by atomic mass is 32.2. The molecule has 2 aliphatic carbocycles. The molecule has 0 N–H and O–H groups in total. The number of hydrogen-bond donors (Lipinski definition) is 0. The number of carbonyl (C=O) groups is 1. The molecule has 3 heteroatoms. The molecular weight excluding hydrogens is 316 g/mol. The Kier molecular flexibility index (Phi) is 5.31. The Labute approximate surface area is 149 Å². The minimum absolute atomic E-state index is 0.0568. The van der Waals surface area contributed by atoms with Crippen molar-refractivity contribution < 1.29 is 9.53 Å². The lowest BCUT2D eigenvalue weighted by molar-refractivity contribution is -0.125. The van der Waals surface area contributed by atoms with Crippen LogP contribution in [0.4, 0.5) is 0 Å². The van der Waals surface area contributed by atoms with Gasteiger partial charge in [0.05, 0.1) is 6.61 Å². The van der Waals surface area contributed by atoms with E-state index in [9.17, 15) is 4.79 Å². The van der Waals surface area contributed by atoms with Gasteiger partial charge < -0.3 is 4.74 Å². The van der Waals surface area contributed by atoms with Crippen LogP contribution in [0.1, 0.15) is 20.3 Å². The molecule has 0 fully saturated rings. The van der Waals surface area contributed by atoms with Gasteiger partial charge in [-0.2, -0.15) is 0 Å². The average Bonchev–Trinajstić information content (AvgIpc) is 2.58. The Morgan fingerprint density at radius 1 is 1.25 bits per heavy atom. The van der Waals surface area contributed by atoms with Gasteiger partial charge in [0, 0.05) is 29.6 Å². The second kappa shape index (κ2) is 7.28. The van der Waals surface area contributed by atoms with Gasteiger partial charge in [-0.25, -0.2) is 0 Å². The number of ether oxygens (including phenoxy) is 1. The fraction of sp³-hybridized carbons (Fsp3) is 0.476. The number of carbonyl (C=O) groups excluding carboxylic acids is 1. The molecule has 0 amide bonds. The van der Waals surface area contributed by atoms with Crippen molar-refractivity contribution in [3.05, 3.63) is 54.1 Å². The molecule has 3 atom stereocenters. The zero-order valence-corrected chi connectivity index (χ0v) is 15.5. The predicted octanol–water partition coefficient (Wildman–Crippen LogP) is 4.77. The molecule has 0 unspecified atom stereocenters. The number of ketones is 1. The van der Waals surface area contributed by atoms with Gasteiger partial charge >= 0.3 is 0 Å². The molecule has 0 spiro atoms. The molecule has 0 saturated carbocycles. The fourth-order valence-corrected chi connectivity index (χ4v) is 5.04. The van der Waals surface area contributed by atoms with E-state index in [0.717, 1.165) is 12.2 Å². The number of fused-ring (bicyclic) bond motifs is 1. The summed E-state index contributed by atoms with van der Waals surface area (Å²) in [6, 6.07) is 10.5. The smallest absolute Gasteiger partial charge is 0.159 e. The maximum atomic E-state index is 12.6. The standard InChI is InChI=1S/C21H26O2S/c1-21(2)12-11-19(22)20-17(13-23-3)15(9-10-18(20)21)14-24-16-7-5-4-6-8-16/h4-9,11-12,17-18,20H,10,13-14H2,1-3H3/t17-,18+,20-/m0/s1. The minimum atomic E-state index is 0.0568. The highest BCUT2D eigenvalue weighted by Gasteiger charge is 2.46. The maximum absolute atomic E-state index is 12.6. The number of rotatable bonds is 5. The first kappa shape index (κ1) is 17.5. The number of methoxy groups -OCH3 is 1. The van der Waals surface area contributed by atoms with Crippen LogP contribution in [0, 0.1) is 23.2 Å². The lowest BCUT2D eigenvalue weighted by atomic mass is 9.58. The van der Waals surface area contributed by atoms with Gasteiger partial charge in [-0.3, -0.25) is 4.79 Å². The Morgan fingerprint density at radius 3 is 2.71 bits per heavy atom. The van der Waals surface area contributed by atoms with Crippen molar-refractivity contribution in [1.29, 1.82) is 0 Å². The Bertz CT molecular complexity index is 645. The highest BCUT2D eigenvalue weighted by molar-refractivity contribution is 7.99. The summed E-state index contributed by atoms with van der Waals surface area (Å²) in [6.45, 7) is 5.11. The van der Waals surface area contributed by atoms with E-state index < -0.39 is 0 Å². The molecule has 1 aromatic rings. The fourth-order valence-electron chi connectivity index (χ4n) is 4.02. The number of hydrogen-bond acceptors (Lipinski definition) is 3. The summed E-state index contributed by atoms with van der Waals surface area (Å²) in [5.41, 5.74) is 1.44. The zero-order valence-electron chi connectivity index (χ0n) is 14.7. The van der Waals surface area contributed by atoms with E-state index in [4.69, 9.17) is 4.74 Å². The Hall–Kier alpha value is -1.32. The second-order valence-electron chi connectivity index (χ2n) is 7.37. The molecule has 3 rings (SSSR count). The largest absolute Gasteiger partial charge is 0.384 e. The Morgan fingerprint density at radius 2 is 2.00 bits per heavy atom. The first-order valence-electron chi connectivity index (χ1n) is 8.61. The van der Waals surface area contributed by atoms with E-state index in [1.165, 1.54) is 10.5 Å². The van der Waals surface area contributed by atoms with Crippen LogP contribution in [0.5, 0.6) is 0 Å². The van der Waals surface area contributed by atoms with Crippen LogP contribution in [-0.4, -0.2) is 25.3 Å². The van der Waals surface area contributed by atoms with Gasteiger partial charge in [0.15, 0.2) is 5.78 Å². The third kappa shape index (κ3) is 3.52. The molecule has 1 aromatic carbocycles. The predicted molar refractivity (Wildman–Crippen MR) is 100 cm³/mol. The van der Waals surface area contributed by atoms with Crippen LogP contribution in [0.15, 0.2) is 59.0 Å². The van der Waals surface area contributed by atoms with E-state index >= 15 is 0 Å². The SMILES string of the molecule is COC[C@H]1C(CSc2ccccc2)=CC[C@@H]2[C@H]1C(=O)C=CC2(C)C. The third-order valence-electron chi connectivity index (χ3n) is 5.43. The summed E-state index contributed by atoms with van der Waals surface area (Å²) in [6.07, 6.45) is 7.25. The van der Waals surface area contributed by atoms with Gasteiger partial charge in [0.1, 0.15) is 0 Å². The van der Waals surface area contributed by atoms with Crippen molar-refractivity contribution >= 4 is 17.5 Å². The molecule has 0 aliphatic heterocycles. The van der Waals surface area contributed by atoms with Gasteiger partial charge in [0.25, 0.3) is 0 Å². The van der Waals surface area contributed by atoms with E-state index in [1.54, 1.807) is 13.2 Å². The third-order valence-corrected chi connectivity index (χ3v) is 6.52. The molecule has 24 heavy (non-hydrogen) atoms. The molecule has 2 aliphatic rings. The lowest BCUT2D eigenvalue weighted by Crippen LogP contribution is -2.45. The summed E-state index contributed by atoms with van der Waals surface area (Å²) in [4.78, 5) is 13.9. The number of benzene rings is 1. The van der Waals surface area contributed by atoms with E-state index in [1.807, 2.05) is 17.8 Å². The summed E-state index contributed by atoms with van der Waals surface area (Å²) >= 11 is 1.84. The molecule has 0 aromatic heterocycles. The van der Waals surface area contributed by atoms with E-state index in [2.05, 4.69) is 50.3 Å². The van der Waals surface area contributed by atoms with Gasteiger partial charge in [-0.05, 0) is 36.0 Å². The van der Waals surface area contributed by atoms with Crippen molar-refractivity contribution in [3.8, 4) is 0 Å². The van der Waals surface area contributed by atoms with Gasteiger partial charge in [-0.15, -0.1) is 11.8 Å². The monoisotopic (exact) mass is 342 g/mol. The zero-order chi connectivity index (χ0) is 17.2. The summed E-state index contributed by atoms with van der Waals surface area (Å²) in [7, 11) is 1.74. The topological polar surface area (TPSA) is 26.3 Å². The summed E-state index contributed by atoms with van der Waals surface area (Å²) in [5, 5.41) is 0. The Balaban J connectivity index is 1.82. The van der Waals surface area contributed by atoms with E-state index in [-0.39, 0.29) is 23.0 Å². The van der Waals surface area contributed by atoms with Crippen molar-refractivity contribution in [2.75, 3.05) is 19.5 Å². The maximum Gasteiger partial charge on any atom is 0.159 e. The number of thioether (sulfide) groups is 1. The van der Waals surface area contributed by atoms with Gasteiger partial charge in [0.2, 0.25) is 0 Å². The van der Waals surface area contributed by atoms with Crippen LogP contribution in [0.2, 0.25) is 0 Å². The van der Waals surface area contributed by atoms with Crippen molar-refractivity contribution in [2.24, 2.45) is 23.2 Å². The molecular formula is C21H26O2S. The van der Waals surface area contributed by atoms with Crippen LogP contribution in [0.25, 0.3) is 0 Å². The molecule has 0 heterocycles. The minimum Gasteiger partial charge on any atom is -0.384 e. The average molecular weight is 343 g/mol. The first-order valence-corrected chi connectivity index (χ1v) is 9.60. The lowest BCUT2D eigenvalue weighted by Gasteiger charge is -2.46. The normalized spacial score (nSPS) is 28.4. The molecule has 2 nitrogen and oxygen atoms in total. The van der Waals surface area contributed by atoms with Crippen molar-refractivity contribution in [2.45, 2.75) is 25.2 Å². The molecule has 0 radical (unpaired) electrons. The van der Waals surface area contributed by atoms with Crippen LogP contribution < -0.4 is 0 Å². The first-order chi connectivity index (χ1) is 11.5. The van der Waals surface area contributed by atoms with Crippen LogP contribution >= 0.6 is 11.8 Å². The summed E-state index contributed by atoms with van der Waals surface area (Å²) < 4.78 is 5.50. The summed E-state index contributed by atoms with van der Waals surface area (Å²) in [5.74, 6) is 1.83. The van der Waals surface area contributed by atoms with Crippen molar-refractivity contribution in [3.63, 3.8) is 0 Å². The van der Waals surface area contributed by atoms with Crippen LogP contribution in [-0.2, 0) is 9.53 Å². The van der Waals surface area contributed by atoms with Crippen LogP contribution in [0.3, 0.4) is 0 Å².